The summed E-state index contributed by atoms with van der Waals surface area (Å²) in [5, 5.41) is 0. The predicted molar refractivity (Wildman–Crippen MR) is 72.8 cm³/mol. The van der Waals surface area contributed by atoms with E-state index in [0.29, 0.717) is 6.54 Å². The summed E-state index contributed by atoms with van der Waals surface area (Å²) in [6, 6.07) is 2.21. The van der Waals surface area contributed by atoms with E-state index in [1.165, 1.54) is 16.8 Å². The molecular weight excluding hydrogens is 208 g/mol. The predicted octanol–water partition coefficient (Wildman–Crippen LogP) is 2.75. The molecule has 0 unspecified atom stereocenters. The minimum atomic E-state index is 0.104. The van der Waals surface area contributed by atoms with E-state index in [2.05, 4.69) is 49.6 Å². The van der Waals surface area contributed by atoms with E-state index in [1.54, 1.807) is 0 Å². The molecule has 1 aromatic heterocycles. The summed E-state index contributed by atoms with van der Waals surface area (Å²) in [4.78, 5) is 6.69. The van der Waals surface area contributed by atoms with Crippen molar-refractivity contribution in [3.05, 3.63) is 29.1 Å². The molecule has 0 aromatic carbocycles. The summed E-state index contributed by atoms with van der Waals surface area (Å²) in [6.45, 7) is 10.2. The Balaban J connectivity index is 2.87. The van der Waals surface area contributed by atoms with Crippen molar-refractivity contribution < 1.29 is 0 Å². The maximum Gasteiger partial charge on any atom is 0.0599 e. The number of terminal acetylenes is 1. The van der Waals surface area contributed by atoms with Gasteiger partial charge in [-0.05, 0) is 25.1 Å². The number of nitrogens with zero attached hydrogens (tertiary/aromatic N) is 2. The highest BCUT2D eigenvalue weighted by Gasteiger charge is 2.18. The van der Waals surface area contributed by atoms with Crippen molar-refractivity contribution in [2.24, 2.45) is 0 Å². The number of rotatable bonds is 3. The molecule has 0 radical (unpaired) electrons. The summed E-state index contributed by atoms with van der Waals surface area (Å²) < 4.78 is 0. The maximum absolute atomic E-state index is 5.29. The van der Waals surface area contributed by atoms with E-state index in [4.69, 9.17) is 6.42 Å². The van der Waals surface area contributed by atoms with Gasteiger partial charge >= 0.3 is 0 Å². The van der Waals surface area contributed by atoms with Crippen LogP contribution in [0.3, 0.4) is 0 Å². The molecule has 1 heterocycles. The van der Waals surface area contributed by atoms with E-state index in [1.807, 2.05) is 13.2 Å². The molecule has 0 fully saturated rings. The van der Waals surface area contributed by atoms with Gasteiger partial charge in [-0.15, -0.1) is 6.42 Å². The molecule has 2 heteroatoms. The van der Waals surface area contributed by atoms with Crippen LogP contribution in [0, 0.1) is 19.3 Å². The van der Waals surface area contributed by atoms with Crippen LogP contribution in [-0.2, 0) is 12.0 Å². The standard InChI is InChI=1S/C15H22N2/c1-7-8-17(6)11-13-9-12(2)14(16-10-13)15(3,4)5/h1,9-10H,8,11H2,2-6H3. The van der Waals surface area contributed by atoms with Crippen LogP contribution in [0.1, 0.15) is 37.6 Å². The van der Waals surface area contributed by atoms with Gasteiger partial charge in [0.05, 0.1) is 6.54 Å². The van der Waals surface area contributed by atoms with Crippen LogP contribution in [0.15, 0.2) is 12.3 Å². The molecule has 1 rings (SSSR count). The van der Waals surface area contributed by atoms with Crippen molar-refractivity contribution in [3.8, 4) is 12.3 Å². The number of aryl methyl sites for hydroxylation is 1. The van der Waals surface area contributed by atoms with Gasteiger partial charge in [0.2, 0.25) is 0 Å². The smallest absolute Gasteiger partial charge is 0.0599 e. The molecule has 92 valence electrons. The van der Waals surface area contributed by atoms with E-state index in [9.17, 15) is 0 Å². The minimum Gasteiger partial charge on any atom is -0.291 e. The Morgan fingerprint density at radius 1 is 1.41 bits per heavy atom. The SMILES string of the molecule is C#CCN(C)Cc1cnc(C(C)(C)C)c(C)c1. The molecule has 0 atom stereocenters. The van der Waals surface area contributed by atoms with Crippen molar-refractivity contribution in [3.63, 3.8) is 0 Å². The second kappa shape index (κ2) is 5.33. The Labute approximate surface area is 105 Å². The molecule has 1 aromatic rings. The van der Waals surface area contributed by atoms with Crippen LogP contribution in [-0.4, -0.2) is 23.5 Å². The molecular formula is C15H22N2. The van der Waals surface area contributed by atoms with Gasteiger partial charge in [-0.2, -0.15) is 0 Å². The third-order valence-electron chi connectivity index (χ3n) is 2.66. The van der Waals surface area contributed by atoms with Gasteiger partial charge in [0, 0.05) is 23.9 Å². The minimum absolute atomic E-state index is 0.104. The van der Waals surface area contributed by atoms with E-state index >= 15 is 0 Å². The summed E-state index contributed by atoms with van der Waals surface area (Å²) in [5.74, 6) is 2.64. The molecule has 0 aliphatic heterocycles. The normalized spacial score (nSPS) is 11.6. The number of pyridine rings is 1. The first-order valence-corrected chi connectivity index (χ1v) is 5.92. The molecule has 0 bridgehead atoms. The average molecular weight is 230 g/mol. The average Bonchev–Trinajstić information content (AvgIpc) is 2.15. The summed E-state index contributed by atoms with van der Waals surface area (Å²) in [6.07, 6.45) is 7.25. The highest BCUT2D eigenvalue weighted by molar-refractivity contribution is 5.28. The molecule has 0 N–H and O–H groups in total. The van der Waals surface area contributed by atoms with Crippen molar-refractivity contribution >= 4 is 0 Å². The van der Waals surface area contributed by atoms with Crippen LogP contribution < -0.4 is 0 Å². The lowest BCUT2D eigenvalue weighted by atomic mass is 9.88. The Morgan fingerprint density at radius 3 is 2.53 bits per heavy atom. The fraction of sp³-hybridized carbons (Fsp3) is 0.533. The first-order chi connectivity index (χ1) is 7.84. The monoisotopic (exact) mass is 230 g/mol. The van der Waals surface area contributed by atoms with Gasteiger partial charge in [0.15, 0.2) is 0 Å². The van der Waals surface area contributed by atoms with Gasteiger partial charge in [-0.25, -0.2) is 0 Å². The quantitative estimate of drug-likeness (QED) is 0.742. The third kappa shape index (κ3) is 3.87. The van der Waals surface area contributed by atoms with Crippen LogP contribution in [0.25, 0.3) is 0 Å². The van der Waals surface area contributed by atoms with Crippen LogP contribution in [0.2, 0.25) is 0 Å². The molecule has 0 spiro atoms. The Bertz CT molecular complexity index is 422. The van der Waals surface area contributed by atoms with E-state index in [-0.39, 0.29) is 5.41 Å². The number of hydrogen-bond donors (Lipinski definition) is 0. The van der Waals surface area contributed by atoms with Crippen molar-refractivity contribution in [2.75, 3.05) is 13.6 Å². The zero-order chi connectivity index (χ0) is 13.1. The molecule has 0 aliphatic carbocycles. The lowest BCUT2D eigenvalue weighted by Crippen LogP contribution is -2.19. The Hall–Kier alpha value is -1.33. The van der Waals surface area contributed by atoms with Crippen LogP contribution in [0.4, 0.5) is 0 Å². The maximum atomic E-state index is 5.29. The first kappa shape index (κ1) is 13.7. The molecule has 0 aliphatic rings. The fourth-order valence-electron chi connectivity index (χ4n) is 2.03. The zero-order valence-electron chi connectivity index (χ0n) is 11.5. The van der Waals surface area contributed by atoms with Crippen molar-refractivity contribution in [1.82, 2.24) is 9.88 Å². The molecule has 17 heavy (non-hydrogen) atoms. The van der Waals surface area contributed by atoms with Gasteiger partial charge < -0.3 is 0 Å². The van der Waals surface area contributed by atoms with Crippen LogP contribution >= 0.6 is 0 Å². The highest BCUT2D eigenvalue weighted by Crippen LogP contribution is 2.23. The molecule has 0 saturated heterocycles. The second-order valence-corrected chi connectivity index (χ2v) is 5.64. The summed E-state index contributed by atoms with van der Waals surface area (Å²) in [5.41, 5.74) is 3.74. The lowest BCUT2D eigenvalue weighted by molar-refractivity contribution is 0.368. The second-order valence-electron chi connectivity index (χ2n) is 5.64. The van der Waals surface area contributed by atoms with Crippen LogP contribution in [0.5, 0.6) is 0 Å². The van der Waals surface area contributed by atoms with Crippen molar-refractivity contribution in [1.29, 1.82) is 0 Å². The first-order valence-electron chi connectivity index (χ1n) is 5.92. The fourth-order valence-corrected chi connectivity index (χ4v) is 2.03. The highest BCUT2D eigenvalue weighted by atomic mass is 15.1. The number of hydrogen-bond acceptors (Lipinski definition) is 2. The molecule has 0 amide bonds. The van der Waals surface area contributed by atoms with Gasteiger partial charge in [-0.1, -0.05) is 32.8 Å². The Morgan fingerprint density at radius 2 is 2.06 bits per heavy atom. The Kier molecular flexibility index (Phi) is 4.31. The number of aromatic nitrogens is 1. The topological polar surface area (TPSA) is 16.1 Å². The van der Waals surface area contributed by atoms with E-state index < -0.39 is 0 Å². The lowest BCUT2D eigenvalue weighted by Gasteiger charge is -2.21. The zero-order valence-corrected chi connectivity index (χ0v) is 11.5. The van der Waals surface area contributed by atoms with Gasteiger partial charge in [0.1, 0.15) is 0 Å². The van der Waals surface area contributed by atoms with Gasteiger partial charge in [-0.3, -0.25) is 9.88 Å². The summed E-state index contributed by atoms with van der Waals surface area (Å²) in [7, 11) is 2.02. The van der Waals surface area contributed by atoms with E-state index in [0.717, 1.165) is 6.54 Å². The van der Waals surface area contributed by atoms with Crippen molar-refractivity contribution in [2.45, 2.75) is 39.7 Å². The largest absolute Gasteiger partial charge is 0.291 e. The molecule has 0 saturated carbocycles. The van der Waals surface area contributed by atoms with Gasteiger partial charge in [0.25, 0.3) is 0 Å². The summed E-state index contributed by atoms with van der Waals surface area (Å²) >= 11 is 0. The third-order valence-corrected chi connectivity index (χ3v) is 2.66. The molecule has 2 nitrogen and oxygen atoms in total.